The molecule has 0 bridgehead atoms. The van der Waals surface area contributed by atoms with Gasteiger partial charge < -0.3 is 14.8 Å². The molecule has 1 saturated heterocycles. The third-order valence-electron chi connectivity index (χ3n) is 6.97. The lowest BCUT2D eigenvalue weighted by Gasteiger charge is -2.26. The minimum absolute atomic E-state index is 0.0226. The van der Waals surface area contributed by atoms with Crippen LogP contribution in [-0.4, -0.2) is 61.1 Å². The molecule has 5 rings (SSSR count). The number of fused-ring (bicyclic) bond motifs is 1. The van der Waals surface area contributed by atoms with Gasteiger partial charge in [-0.1, -0.05) is 24.6 Å². The quantitative estimate of drug-likeness (QED) is 0.336. The second kappa shape index (κ2) is 11.6. The summed E-state index contributed by atoms with van der Waals surface area (Å²) >= 11 is 0. The Morgan fingerprint density at radius 2 is 1.70 bits per heavy atom. The topological polar surface area (TPSA) is 90.0 Å². The predicted octanol–water partition coefficient (Wildman–Crippen LogP) is 3.45. The van der Waals surface area contributed by atoms with Crippen LogP contribution in [0.4, 0.5) is 0 Å². The fourth-order valence-corrected chi connectivity index (χ4v) is 5.07. The number of hydrogen-bond donors (Lipinski definition) is 1. The van der Waals surface area contributed by atoms with Gasteiger partial charge in [-0.15, -0.1) is 0 Å². The van der Waals surface area contributed by atoms with E-state index in [1.54, 1.807) is 4.68 Å². The summed E-state index contributed by atoms with van der Waals surface area (Å²) in [7, 11) is 0. The van der Waals surface area contributed by atoms with E-state index < -0.39 is 0 Å². The van der Waals surface area contributed by atoms with Crippen molar-refractivity contribution in [2.75, 3.05) is 26.2 Å². The number of para-hydroxylation sites is 1. The van der Waals surface area contributed by atoms with Gasteiger partial charge in [-0.25, -0.2) is 9.36 Å². The molecular formula is C28H35N7O2. The number of carbonyl (C=O) groups is 1. The Bertz CT molecular complexity index is 1380. The second-order valence-corrected chi connectivity index (χ2v) is 9.71. The molecule has 0 unspecified atom stereocenters. The van der Waals surface area contributed by atoms with Crippen LogP contribution in [0.5, 0.6) is 0 Å². The predicted molar refractivity (Wildman–Crippen MR) is 144 cm³/mol. The van der Waals surface area contributed by atoms with Gasteiger partial charge in [0.05, 0.1) is 11.4 Å². The molecular weight excluding hydrogens is 466 g/mol. The van der Waals surface area contributed by atoms with Crippen LogP contribution in [0.15, 0.2) is 59.7 Å². The Balaban J connectivity index is 1.28. The van der Waals surface area contributed by atoms with Crippen molar-refractivity contribution >= 4 is 16.8 Å². The fourth-order valence-electron chi connectivity index (χ4n) is 5.07. The maximum atomic E-state index is 13.6. The zero-order chi connectivity index (χ0) is 25.6. The van der Waals surface area contributed by atoms with Gasteiger partial charge in [-0.2, -0.15) is 10.2 Å². The highest BCUT2D eigenvalue weighted by Crippen LogP contribution is 2.24. The highest BCUT2D eigenvalue weighted by atomic mass is 16.1. The van der Waals surface area contributed by atoms with Crippen LogP contribution in [0.25, 0.3) is 22.4 Å². The molecule has 4 aromatic rings. The maximum absolute atomic E-state index is 13.6. The van der Waals surface area contributed by atoms with Gasteiger partial charge in [0.15, 0.2) is 5.82 Å². The number of benzene rings is 1. The van der Waals surface area contributed by atoms with Crippen LogP contribution < -0.4 is 10.9 Å². The highest BCUT2D eigenvalue weighted by Gasteiger charge is 2.21. The fraction of sp³-hybridized carbons (Fsp3) is 0.429. The number of nitrogens with one attached hydrogen (secondary N) is 1. The molecule has 9 heteroatoms. The van der Waals surface area contributed by atoms with Crippen molar-refractivity contribution in [2.45, 2.75) is 52.0 Å². The van der Waals surface area contributed by atoms with E-state index in [1.807, 2.05) is 66.3 Å². The first kappa shape index (κ1) is 25.0. The molecule has 1 amide bonds. The molecule has 3 aromatic heterocycles. The van der Waals surface area contributed by atoms with Crippen LogP contribution >= 0.6 is 0 Å². The molecule has 0 saturated carbocycles. The second-order valence-electron chi connectivity index (χ2n) is 9.71. The zero-order valence-corrected chi connectivity index (χ0v) is 21.5. The van der Waals surface area contributed by atoms with E-state index in [4.69, 9.17) is 5.10 Å². The van der Waals surface area contributed by atoms with Crippen LogP contribution in [0, 0.1) is 6.92 Å². The molecule has 1 aliphatic rings. The van der Waals surface area contributed by atoms with Crippen molar-refractivity contribution in [3.63, 3.8) is 0 Å². The van der Waals surface area contributed by atoms with Gasteiger partial charge in [0.2, 0.25) is 5.91 Å². The summed E-state index contributed by atoms with van der Waals surface area (Å²) in [6, 6.07) is 13.6. The lowest BCUT2D eigenvalue weighted by molar-refractivity contribution is -0.121. The molecule has 0 spiro atoms. The first-order valence-electron chi connectivity index (χ1n) is 13.3. The summed E-state index contributed by atoms with van der Waals surface area (Å²) in [5.41, 5.74) is 1.93. The molecule has 0 radical (unpaired) electrons. The number of carbonyl (C=O) groups excluding carboxylic acids is 1. The smallest absolute Gasteiger partial charge is 0.280 e. The van der Waals surface area contributed by atoms with E-state index in [-0.39, 0.29) is 11.5 Å². The number of rotatable bonds is 10. The average molecular weight is 502 g/mol. The molecule has 1 N–H and O–H groups in total. The SMILES string of the molecule is Cc1nn(CCCC(=O)NCCCN2CCCCC2)c(=O)c2c(-n3cccc3)n(-c3ccccc3)nc12. The van der Waals surface area contributed by atoms with Crippen LogP contribution in [-0.2, 0) is 11.3 Å². The maximum Gasteiger partial charge on any atom is 0.280 e. The molecule has 194 valence electrons. The number of aryl methyl sites for hydroxylation is 2. The summed E-state index contributed by atoms with van der Waals surface area (Å²) in [4.78, 5) is 28.5. The Hall–Kier alpha value is -3.72. The van der Waals surface area contributed by atoms with Crippen molar-refractivity contribution < 1.29 is 4.79 Å². The number of aromatic nitrogens is 5. The van der Waals surface area contributed by atoms with Gasteiger partial charge in [-0.3, -0.25) is 9.59 Å². The number of amides is 1. The van der Waals surface area contributed by atoms with E-state index in [2.05, 4.69) is 15.3 Å². The minimum atomic E-state index is -0.201. The molecule has 0 aliphatic carbocycles. The van der Waals surface area contributed by atoms with Crippen molar-refractivity contribution in [3.05, 3.63) is 70.9 Å². The Morgan fingerprint density at radius 3 is 2.46 bits per heavy atom. The van der Waals surface area contributed by atoms with Gasteiger partial charge in [0.1, 0.15) is 10.9 Å². The summed E-state index contributed by atoms with van der Waals surface area (Å²) in [5, 5.41) is 12.9. The molecule has 37 heavy (non-hydrogen) atoms. The molecule has 1 aromatic carbocycles. The summed E-state index contributed by atoms with van der Waals surface area (Å²) in [5.74, 6) is 0.705. The largest absolute Gasteiger partial charge is 0.356 e. The monoisotopic (exact) mass is 501 g/mol. The van der Waals surface area contributed by atoms with Gasteiger partial charge in [0.25, 0.3) is 5.56 Å². The molecule has 1 aliphatic heterocycles. The van der Waals surface area contributed by atoms with E-state index in [0.29, 0.717) is 48.3 Å². The first-order chi connectivity index (χ1) is 18.1. The molecule has 1 fully saturated rings. The molecule has 4 heterocycles. The minimum Gasteiger partial charge on any atom is -0.356 e. The van der Waals surface area contributed by atoms with Crippen LogP contribution in [0.2, 0.25) is 0 Å². The van der Waals surface area contributed by atoms with Gasteiger partial charge >= 0.3 is 0 Å². The summed E-state index contributed by atoms with van der Waals surface area (Å²) < 4.78 is 5.18. The van der Waals surface area contributed by atoms with Crippen molar-refractivity contribution in [2.24, 2.45) is 0 Å². The van der Waals surface area contributed by atoms with Crippen molar-refractivity contribution in [1.82, 2.24) is 34.3 Å². The summed E-state index contributed by atoms with van der Waals surface area (Å²) in [6.07, 6.45) is 9.59. The molecule has 9 nitrogen and oxygen atoms in total. The number of nitrogens with zero attached hydrogens (tertiary/aromatic N) is 6. The van der Waals surface area contributed by atoms with Gasteiger partial charge in [0, 0.05) is 31.9 Å². The Kier molecular flexibility index (Phi) is 7.79. The highest BCUT2D eigenvalue weighted by molar-refractivity contribution is 5.87. The third kappa shape index (κ3) is 5.67. The van der Waals surface area contributed by atoms with Crippen molar-refractivity contribution in [3.8, 4) is 11.5 Å². The van der Waals surface area contributed by atoms with E-state index in [0.717, 1.165) is 18.7 Å². The summed E-state index contributed by atoms with van der Waals surface area (Å²) in [6.45, 7) is 6.33. The lowest BCUT2D eigenvalue weighted by Crippen LogP contribution is -2.33. The van der Waals surface area contributed by atoms with Crippen molar-refractivity contribution in [1.29, 1.82) is 0 Å². The third-order valence-corrected chi connectivity index (χ3v) is 6.97. The van der Waals surface area contributed by atoms with Crippen LogP contribution in [0.3, 0.4) is 0 Å². The van der Waals surface area contributed by atoms with Crippen LogP contribution in [0.1, 0.15) is 44.2 Å². The number of hydrogen-bond acceptors (Lipinski definition) is 5. The Morgan fingerprint density at radius 1 is 0.946 bits per heavy atom. The molecule has 0 atom stereocenters. The van der Waals surface area contributed by atoms with Gasteiger partial charge in [-0.05, 0) is 76.5 Å². The van der Waals surface area contributed by atoms with E-state index in [1.165, 1.54) is 37.0 Å². The van der Waals surface area contributed by atoms with E-state index >= 15 is 0 Å². The average Bonchev–Trinajstić information content (AvgIpc) is 3.59. The normalized spacial score (nSPS) is 14.3. The number of likely N-dealkylation sites (tertiary alicyclic amines) is 1. The zero-order valence-electron chi connectivity index (χ0n) is 21.5. The van der Waals surface area contributed by atoms with E-state index in [9.17, 15) is 9.59 Å². The lowest BCUT2D eigenvalue weighted by atomic mass is 10.1. The standard InChI is InChI=1S/C28H35N7O2/c1-22-26-25(27(33-19-8-9-20-33)35(31-26)23-12-4-2-5-13-23)28(37)34(30-22)21-10-14-24(36)29-15-11-18-32-16-6-3-7-17-32/h2,4-5,8-9,12-13,19-20H,3,6-7,10-11,14-18,21H2,1H3,(H,29,36). The first-order valence-corrected chi connectivity index (χ1v) is 13.3. The Labute approximate surface area is 216 Å². The number of piperidine rings is 1.